The van der Waals surface area contributed by atoms with Crippen LogP contribution in [0.2, 0.25) is 5.02 Å². The topological polar surface area (TPSA) is 66.8 Å². The van der Waals surface area contributed by atoms with Crippen LogP contribution in [0.3, 0.4) is 0 Å². The number of benzene rings is 3. The first-order valence-corrected chi connectivity index (χ1v) is 11.4. The van der Waals surface area contributed by atoms with Crippen molar-refractivity contribution in [3.8, 4) is 5.75 Å². The number of methoxy groups -OCH3 is 1. The smallest absolute Gasteiger partial charge is 0.300 e. The van der Waals surface area contributed by atoms with E-state index in [9.17, 15) is 14.7 Å². The third-order valence-corrected chi connectivity index (χ3v) is 6.25. The van der Waals surface area contributed by atoms with Gasteiger partial charge in [0.25, 0.3) is 11.7 Å². The summed E-state index contributed by atoms with van der Waals surface area (Å²) in [6, 6.07) is 16.1. The number of carbonyl (C=O) groups is 2. The number of rotatable bonds is 4. The van der Waals surface area contributed by atoms with Crippen LogP contribution in [0.1, 0.15) is 43.5 Å². The summed E-state index contributed by atoms with van der Waals surface area (Å²) in [6.07, 6.45) is 0. The van der Waals surface area contributed by atoms with E-state index in [0.29, 0.717) is 22.0 Å². The van der Waals surface area contributed by atoms with Gasteiger partial charge >= 0.3 is 0 Å². The standard InChI is InChI=1S/C28H25ClFNO4/c1-28(2,3)20-14-16(12-13-22(20)35-4)25(32)23-24(19-10-5-6-11-21(19)30)31(27(34)26(23)33)18-9-7-8-17(29)15-18/h5-15,24,32H,1-4H3/b25-23+. The molecule has 3 aromatic carbocycles. The van der Waals surface area contributed by atoms with E-state index in [1.807, 2.05) is 20.8 Å². The Balaban J connectivity index is 1.99. The maximum Gasteiger partial charge on any atom is 0.300 e. The fourth-order valence-electron chi connectivity index (χ4n) is 4.31. The van der Waals surface area contributed by atoms with E-state index in [0.717, 1.165) is 5.56 Å². The maximum atomic E-state index is 15.0. The van der Waals surface area contributed by atoms with Gasteiger partial charge in [0.1, 0.15) is 17.3 Å². The molecule has 0 saturated carbocycles. The number of hydrogen-bond donors (Lipinski definition) is 1. The highest BCUT2D eigenvalue weighted by Crippen LogP contribution is 2.44. The Morgan fingerprint density at radius 3 is 2.37 bits per heavy atom. The number of nitrogens with zero attached hydrogens (tertiary/aromatic N) is 1. The summed E-state index contributed by atoms with van der Waals surface area (Å²) >= 11 is 6.15. The van der Waals surface area contributed by atoms with E-state index < -0.39 is 29.3 Å². The molecule has 0 aromatic heterocycles. The van der Waals surface area contributed by atoms with Gasteiger partial charge in [-0.3, -0.25) is 14.5 Å². The number of anilines is 1. The lowest BCUT2D eigenvalue weighted by atomic mass is 9.84. The van der Waals surface area contributed by atoms with Crippen molar-refractivity contribution in [3.63, 3.8) is 0 Å². The predicted octanol–water partition coefficient (Wildman–Crippen LogP) is 6.41. The number of halogens is 2. The summed E-state index contributed by atoms with van der Waals surface area (Å²) in [4.78, 5) is 27.7. The Hall–Kier alpha value is -3.64. The fourth-order valence-corrected chi connectivity index (χ4v) is 4.50. The highest BCUT2D eigenvalue weighted by atomic mass is 35.5. The van der Waals surface area contributed by atoms with Crippen LogP contribution in [-0.4, -0.2) is 23.9 Å². The lowest BCUT2D eigenvalue weighted by molar-refractivity contribution is -0.132. The van der Waals surface area contributed by atoms with Gasteiger partial charge < -0.3 is 9.84 Å². The number of ketones is 1. The number of amides is 1. The molecule has 0 spiro atoms. The highest BCUT2D eigenvalue weighted by molar-refractivity contribution is 6.51. The first-order chi connectivity index (χ1) is 16.5. The highest BCUT2D eigenvalue weighted by Gasteiger charge is 2.48. The molecule has 1 unspecified atom stereocenters. The van der Waals surface area contributed by atoms with Crippen LogP contribution in [0.15, 0.2) is 72.3 Å². The molecular formula is C28H25ClFNO4. The van der Waals surface area contributed by atoms with Crippen LogP contribution in [0.25, 0.3) is 5.76 Å². The number of ether oxygens (including phenoxy) is 1. The Labute approximate surface area is 208 Å². The summed E-state index contributed by atoms with van der Waals surface area (Å²) < 4.78 is 20.5. The molecule has 1 aliphatic heterocycles. The van der Waals surface area contributed by atoms with Crippen molar-refractivity contribution in [2.75, 3.05) is 12.0 Å². The van der Waals surface area contributed by atoms with Gasteiger partial charge in [-0.05, 0) is 47.9 Å². The molecule has 1 fully saturated rings. The van der Waals surface area contributed by atoms with E-state index in [2.05, 4.69) is 0 Å². The van der Waals surface area contributed by atoms with Crippen LogP contribution in [0.4, 0.5) is 10.1 Å². The zero-order valence-corrected chi connectivity index (χ0v) is 20.6. The fraction of sp³-hybridized carbons (Fsp3) is 0.214. The van der Waals surface area contributed by atoms with Crippen molar-refractivity contribution in [1.29, 1.82) is 0 Å². The molecule has 1 atom stereocenters. The number of Topliss-reactive ketones (excluding diaryl/α,β-unsaturated/α-hetero) is 1. The normalized spacial score (nSPS) is 17.7. The van der Waals surface area contributed by atoms with Crippen LogP contribution in [0.5, 0.6) is 5.75 Å². The Morgan fingerprint density at radius 2 is 1.74 bits per heavy atom. The van der Waals surface area contributed by atoms with Gasteiger partial charge in [0.15, 0.2) is 0 Å². The maximum absolute atomic E-state index is 15.0. The lowest BCUT2D eigenvalue weighted by Crippen LogP contribution is -2.29. The molecule has 1 amide bonds. The SMILES string of the molecule is COc1ccc(/C(O)=C2\C(=O)C(=O)N(c3cccc(Cl)c3)C2c2ccccc2F)cc1C(C)(C)C. The molecule has 4 rings (SSSR count). The Bertz CT molecular complexity index is 1360. The van der Waals surface area contributed by atoms with Crippen LogP contribution in [0, 0.1) is 5.82 Å². The molecular weight excluding hydrogens is 469 g/mol. The van der Waals surface area contributed by atoms with E-state index in [-0.39, 0.29) is 16.6 Å². The average Bonchev–Trinajstić information content (AvgIpc) is 3.08. The van der Waals surface area contributed by atoms with Gasteiger partial charge in [0.05, 0.1) is 18.7 Å². The number of aliphatic hydroxyl groups excluding tert-OH is 1. The number of hydrogen-bond acceptors (Lipinski definition) is 4. The van der Waals surface area contributed by atoms with Crippen molar-refractivity contribution in [2.45, 2.75) is 32.2 Å². The van der Waals surface area contributed by atoms with Crippen molar-refractivity contribution < 1.29 is 23.8 Å². The second-order valence-corrected chi connectivity index (χ2v) is 9.77. The third kappa shape index (κ3) is 4.42. The largest absolute Gasteiger partial charge is 0.507 e. The monoisotopic (exact) mass is 493 g/mol. The van der Waals surface area contributed by atoms with Crippen molar-refractivity contribution in [1.82, 2.24) is 0 Å². The number of carbonyl (C=O) groups excluding carboxylic acids is 2. The molecule has 5 nitrogen and oxygen atoms in total. The summed E-state index contributed by atoms with van der Waals surface area (Å²) in [7, 11) is 1.55. The first-order valence-electron chi connectivity index (χ1n) is 11.0. The van der Waals surface area contributed by atoms with Gasteiger partial charge in [-0.2, -0.15) is 0 Å². The minimum Gasteiger partial charge on any atom is -0.507 e. The van der Waals surface area contributed by atoms with Gasteiger partial charge in [-0.25, -0.2) is 4.39 Å². The zero-order chi connectivity index (χ0) is 25.5. The van der Waals surface area contributed by atoms with E-state index >= 15 is 4.39 Å². The quantitative estimate of drug-likeness (QED) is 0.259. The molecule has 7 heteroatoms. The molecule has 0 bridgehead atoms. The van der Waals surface area contributed by atoms with Crippen molar-refractivity contribution >= 4 is 34.7 Å². The molecule has 3 aromatic rings. The second-order valence-electron chi connectivity index (χ2n) is 9.34. The Morgan fingerprint density at radius 1 is 1.03 bits per heavy atom. The summed E-state index contributed by atoms with van der Waals surface area (Å²) in [5.74, 6) is -2.17. The summed E-state index contributed by atoms with van der Waals surface area (Å²) in [5.41, 5.74) is 0.983. The van der Waals surface area contributed by atoms with Gasteiger partial charge in [-0.15, -0.1) is 0 Å². The molecule has 1 N–H and O–H groups in total. The van der Waals surface area contributed by atoms with Crippen LogP contribution < -0.4 is 9.64 Å². The Kier molecular flexibility index (Phi) is 6.43. The average molecular weight is 494 g/mol. The minimum absolute atomic E-state index is 0.0813. The zero-order valence-electron chi connectivity index (χ0n) is 19.8. The van der Waals surface area contributed by atoms with Crippen molar-refractivity contribution in [2.24, 2.45) is 0 Å². The van der Waals surface area contributed by atoms with Gasteiger partial charge in [0, 0.05) is 27.4 Å². The van der Waals surface area contributed by atoms with Crippen LogP contribution in [-0.2, 0) is 15.0 Å². The minimum atomic E-state index is -1.19. The van der Waals surface area contributed by atoms with Gasteiger partial charge in [0.2, 0.25) is 0 Å². The van der Waals surface area contributed by atoms with Crippen LogP contribution >= 0.6 is 11.6 Å². The molecule has 0 aliphatic carbocycles. The number of aliphatic hydroxyl groups is 1. The van der Waals surface area contributed by atoms with E-state index in [1.54, 1.807) is 49.6 Å². The molecule has 1 saturated heterocycles. The first kappa shape index (κ1) is 24.5. The summed E-state index contributed by atoms with van der Waals surface area (Å²) in [5, 5.41) is 11.7. The summed E-state index contributed by atoms with van der Waals surface area (Å²) in [6.45, 7) is 5.98. The van der Waals surface area contributed by atoms with Crippen molar-refractivity contribution in [3.05, 3.63) is 99.8 Å². The van der Waals surface area contributed by atoms with Gasteiger partial charge in [-0.1, -0.05) is 56.6 Å². The predicted molar refractivity (Wildman–Crippen MR) is 134 cm³/mol. The molecule has 180 valence electrons. The molecule has 0 radical (unpaired) electrons. The molecule has 1 aliphatic rings. The van der Waals surface area contributed by atoms with E-state index in [4.69, 9.17) is 16.3 Å². The third-order valence-electron chi connectivity index (χ3n) is 6.01. The molecule has 1 heterocycles. The van der Waals surface area contributed by atoms with E-state index in [1.165, 1.54) is 29.2 Å². The lowest BCUT2D eigenvalue weighted by Gasteiger charge is -2.26. The molecule has 35 heavy (non-hydrogen) atoms. The second kappa shape index (κ2) is 9.19.